The second kappa shape index (κ2) is 5.22. The van der Waals surface area contributed by atoms with E-state index in [-0.39, 0.29) is 0 Å². The fraction of sp³-hybridized carbons (Fsp3) is 0.143. The van der Waals surface area contributed by atoms with Gasteiger partial charge in [-0.25, -0.2) is 0 Å². The molecule has 37 valence electrons. The van der Waals surface area contributed by atoms with Crippen LogP contribution in [0.2, 0.25) is 0 Å². The normalized spacial score (nSPS) is 11.0. The van der Waals surface area contributed by atoms with E-state index in [4.69, 9.17) is 6.58 Å². The van der Waals surface area contributed by atoms with Gasteiger partial charge in [0.05, 0.1) is 0 Å². The van der Waals surface area contributed by atoms with E-state index in [9.17, 15) is 0 Å². The van der Waals surface area contributed by atoms with Crippen LogP contribution in [0.1, 0.15) is 6.92 Å². The molecule has 0 bridgehead atoms. The Bertz CT molecular complexity index is 86.2. The highest BCUT2D eigenvalue weighted by Gasteiger charge is 1.52. The van der Waals surface area contributed by atoms with E-state index < -0.39 is 0 Å². The lowest BCUT2D eigenvalue weighted by molar-refractivity contribution is 1.73. The molecule has 0 aliphatic heterocycles. The first kappa shape index (κ1) is 6.22. The molecule has 0 fully saturated rings. The summed E-state index contributed by atoms with van der Waals surface area (Å²) in [5, 5.41) is 0. The van der Waals surface area contributed by atoms with Gasteiger partial charge in [-0.3, -0.25) is 0 Å². The molecule has 0 atom stereocenters. The van der Waals surface area contributed by atoms with Crippen molar-refractivity contribution < 1.29 is 0 Å². The molecule has 0 saturated heterocycles. The van der Waals surface area contributed by atoms with Gasteiger partial charge in [0.25, 0.3) is 0 Å². The molecule has 0 nitrogen and oxygen atoms in total. The number of allylic oxidation sites excluding steroid dienone is 5. The molecule has 0 rings (SSSR count). The lowest BCUT2D eigenvalue weighted by Gasteiger charge is -1.65. The molecule has 0 amide bonds. The summed E-state index contributed by atoms with van der Waals surface area (Å²) >= 11 is 0. The zero-order valence-corrected chi connectivity index (χ0v) is 4.46. The third kappa shape index (κ3) is 5.22. The average Bonchev–Trinajstić information content (AvgIpc) is 1.69. The summed E-state index contributed by atoms with van der Waals surface area (Å²) in [7, 11) is 0. The molecule has 7 heavy (non-hydrogen) atoms. The first-order valence-corrected chi connectivity index (χ1v) is 2.24. The van der Waals surface area contributed by atoms with Crippen molar-refractivity contribution in [3.63, 3.8) is 0 Å². The zero-order chi connectivity index (χ0) is 5.54. The summed E-state index contributed by atoms with van der Waals surface area (Å²) in [5.74, 6) is 0. The molecular formula is C7H9. The molecule has 0 aliphatic rings. The van der Waals surface area contributed by atoms with Gasteiger partial charge in [-0.05, 0) is 6.92 Å². The molecule has 0 N–H and O–H groups in total. The van der Waals surface area contributed by atoms with Gasteiger partial charge >= 0.3 is 0 Å². The van der Waals surface area contributed by atoms with Crippen molar-refractivity contribution in [1.29, 1.82) is 0 Å². The van der Waals surface area contributed by atoms with E-state index >= 15 is 0 Å². The second-order valence-corrected chi connectivity index (χ2v) is 1.10. The third-order valence-electron chi connectivity index (χ3n) is 0.526. The van der Waals surface area contributed by atoms with Crippen LogP contribution >= 0.6 is 0 Å². The highest BCUT2D eigenvalue weighted by atomic mass is 13.6. The van der Waals surface area contributed by atoms with E-state index in [2.05, 4.69) is 0 Å². The van der Waals surface area contributed by atoms with Crippen molar-refractivity contribution in [3.05, 3.63) is 37.0 Å². The fourth-order valence-electron chi connectivity index (χ4n) is 0.239. The molecule has 0 aromatic heterocycles. The molecule has 0 heterocycles. The Kier molecular flexibility index (Phi) is 4.64. The van der Waals surface area contributed by atoms with Crippen LogP contribution in [0.15, 0.2) is 30.4 Å². The van der Waals surface area contributed by atoms with Gasteiger partial charge in [0, 0.05) is 0 Å². The van der Waals surface area contributed by atoms with Crippen LogP contribution < -0.4 is 0 Å². The van der Waals surface area contributed by atoms with Crippen LogP contribution in [0.3, 0.4) is 0 Å². The zero-order valence-electron chi connectivity index (χ0n) is 4.46. The van der Waals surface area contributed by atoms with Gasteiger partial charge in [0.15, 0.2) is 0 Å². The van der Waals surface area contributed by atoms with Gasteiger partial charge in [-0.15, -0.1) is 0 Å². The maximum absolute atomic E-state index is 5.02. The van der Waals surface area contributed by atoms with Gasteiger partial charge in [0.1, 0.15) is 0 Å². The van der Waals surface area contributed by atoms with Crippen molar-refractivity contribution in [2.75, 3.05) is 0 Å². The van der Waals surface area contributed by atoms with Crippen LogP contribution in [0.5, 0.6) is 0 Å². The first-order valence-electron chi connectivity index (χ1n) is 2.24. The standard InChI is InChI=1S/C7H9/c1-3-5-7-6-4-2/h1,3-7H,2H3/b3-1?,6-4+,7-5+. The Balaban J connectivity index is 3.27. The van der Waals surface area contributed by atoms with Crippen molar-refractivity contribution in [1.82, 2.24) is 0 Å². The third-order valence-corrected chi connectivity index (χ3v) is 0.526. The first-order chi connectivity index (χ1) is 3.41. The van der Waals surface area contributed by atoms with E-state index in [1.165, 1.54) is 6.08 Å². The van der Waals surface area contributed by atoms with Crippen molar-refractivity contribution in [3.8, 4) is 0 Å². The minimum atomic E-state index is 1.50. The van der Waals surface area contributed by atoms with Crippen molar-refractivity contribution in [2.24, 2.45) is 0 Å². The van der Waals surface area contributed by atoms with Crippen LogP contribution in [0, 0.1) is 6.58 Å². The molecule has 0 aromatic carbocycles. The molecule has 0 aliphatic carbocycles. The molecule has 0 aromatic rings. The molecular weight excluding hydrogens is 84.1 g/mol. The smallest absolute Gasteiger partial charge is 0.0467 e. The Morgan fingerprint density at radius 1 is 1.14 bits per heavy atom. The largest absolute Gasteiger partial charge is 0.0877 e. The number of hydrogen-bond donors (Lipinski definition) is 0. The lowest BCUT2D eigenvalue weighted by atomic mass is 10.4. The molecule has 0 heteroatoms. The van der Waals surface area contributed by atoms with Gasteiger partial charge in [0.2, 0.25) is 0 Å². The summed E-state index contributed by atoms with van der Waals surface area (Å²) in [6.07, 6.45) is 9.02. The molecule has 0 unspecified atom stereocenters. The lowest BCUT2D eigenvalue weighted by Crippen LogP contribution is -1.43. The second-order valence-electron chi connectivity index (χ2n) is 1.10. The Hall–Kier alpha value is -0.780. The van der Waals surface area contributed by atoms with E-state index in [0.717, 1.165) is 0 Å². The van der Waals surface area contributed by atoms with Crippen LogP contribution in [-0.4, -0.2) is 0 Å². The van der Waals surface area contributed by atoms with E-state index in [1.807, 2.05) is 25.2 Å². The van der Waals surface area contributed by atoms with Crippen LogP contribution in [0.4, 0.5) is 0 Å². The number of rotatable bonds is 2. The Labute approximate surface area is 44.9 Å². The van der Waals surface area contributed by atoms with Crippen LogP contribution in [-0.2, 0) is 0 Å². The minimum Gasteiger partial charge on any atom is -0.0877 e. The summed E-state index contributed by atoms with van der Waals surface area (Å²) < 4.78 is 0. The average molecular weight is 93.1 g/mol. The highest BCUT2D eigenvalue weighted by molar-refractivity contribution is 5.07. The SMILES string of the molecule is [CH]=C/C=C/C=C/C. The van der Waals surface area contributed by atoms with Gasteiger partial charge in [-0.2, -0.15) is 0 Å². The molecule has 0 saturated carbocycles. The maximum atomic E-state index is 5.02. The van der Waals surface area contributed by atoms with E-state index in [1.54, 1.807) is 6.08 Å². The quantitative estimate of drug-likeness (QED) is 0.459. The fourth-order valence-corrected chi connectivity index (χ4v) is 0.239. The van der Waals surface area contributed by atoms with Crippen LogP contribution in [0.25, 0.3) is 0 Å². The summed E-state index contributed by atoms with van der Waals surface area (Å²) in [6, 6.07) is 0. The molecule has 0 spiro atoms. The van der Waals surface area contributed by atoms with Crippen molar-refractivity contribution in [2.45, 2.75) is 6.92 Å². The number of hydrogen-bond acceptors (Lipinski definition) is 0. The predicted octanol–water partition coefficient (Wildman–Crippen LogP) is 2.11. The van der Waals surface area contributed by atoms with E-state index in [0.29, 0.717) is 0 Å². The van der Waals surface area contributed by atoms with Gasteiger partial charge < -0.3 is 0 Å². The maximum Gasteiger partial charge on any atom is -0.0467 e. The topological polar surface area (TPSA) is 0 Å². The monoisotopic (exact) mass is 93.1 g/mol. The summed E-state index contributed by atoms with van der Waals surface area (Å²) in [4.78, 5) is 0. The molecule has 1 radical (unpaired) electrons. The summed E-state index contributed by atoms with van der Waals surface area (Å²) in [6.45, 7) is 6.98. The highest BCUT2D eigenvalue weighted by Crippen LogP contribution is 1.74. The van der Waals surface area contributed by atoms with Crippen molar-refractivity contribution >= 4 is 0 Å². The summed E-state index contributed by atoms with van der Waals surface area (Å²) in [5.41, 5.74) is 0. The van der Waals surface area contributed by atoms with Gasteiger partial charge in [-0.1, -0.05) is 37.0 Å². The Morgan fingerprint density at radius 3 is 2.29 bits per heavy atom. The minimum absolute atomic E-state index is 1.50. The Morgan fingerprint density at radius 2 is 1.86 bits per heavy atom. The predicted molar refractivity (Wildman–Crippen MR) is 32.8 cm³/mol.